The molecule has 0 aromatic carbocycles. The van der Waals surface area contributed by atoms with Crippen molar-refractivity contribution >= 4 is 143 Å². The number of sulfone groups is 1. The van der Waals surface area contributed by atoms with Gasteiger partial charge in [-0.1, -0.05) is 291 Å². The number of hydrogen-bond acceptors (Lipinski definition) is 16. The summed E-state index contributed by atoms with van der Waals surface area (Å²) in [5.41, 5.74) is 0.961. The molecule has 3 unspecified atom stereocenters. The largest absolute Gasteiger partial charge is 0.358 e. The molecule has 0 radical (unpaired) electrons. The van der Waals surface area contributed by atoms with Crippen molar-refractivity contribution in [3.63, 3.8) is 0 Å². The van der Waals surface area contributed by atoms with E-state index in [2.05, 4.69) is 42.2 Å². The molecule has 1 aliphatic heterocycles. The summed E-state index contributed by atoms with van der Waals surface area (Å²) in [6.07, 6.45) is 77.9. The highest BCUT2D eigenvalue weighted by Gasteiger charge is 2.35. The van der Waals surface area contributed by atoms with Crippen LogP contribution in [0.15, 0.2) is 6.20 Å². The van der Waals surface area contributed by atoms with Crippen LogP contribution in [0.25, 0.3) is 0 Å². The van der Waals surface area contributed by atoms with Crippen molar-refractivity contribution in [1.29, 1.82) is 0 Å². The van der Waals surface area contributed by atoms with Crippen molar-refractivity contribution in [3.8, 4) is 0 Å². The summed E-state index contributed by atoms with van der Waals surface area (Å²) in [5, 5.41) is 14.4. The summed E-state index contributed by atoms with van der Waals surface area (Å²) in [4.78, 5) is 64.7. The number of ketones is 1. The first kappa shape index (κ1) is 106. The first-order valence-corrected chi connectivity index (χ1v) is 48.9. The number of nitrogens with one attached hydrogen (secondary N) is 3. The summed E-state index contributed by atoms with van der Waals surface area (Å²) in [7, 11) is 5.52. The molecule has 98 heavy (non-hydrogen) atoms. The van der Waals surface area contributed by atoms with E-state index in [-0.39, 0.29) is 50.8 Å². The average Bonchev–Trinajstić information content (AvgIpc) is 1.74. The van der Waals surface area contributed by atoms with Gasteiger partial charge in [0.15, 0.2) is 0 Å². The molecular weight excluding hydrogens is 1450 g/mol. The van der Waals surface area contributed by atoms with Crippen molar-refractivity contribution in [1.82, 2.24) is 35.8 Å². The summed E-state index contributed by atoms with van der Waals surface area (Å²) >= 11 is 18.1. The fourth-order valence-electron chi connectivity index (χ4n) is 2.77. The van der Waals surface area contributed by atoms with E-state index in [0.29, 0.717) is 35.2 Å². The number of likely N-dealkylation sites (tertiary alicyclic amines) is 1. The normalized spacial score (nSPS) is 18.0. The molecule has 14 aliphatic carbocycles. The number of imide groups is 1. The summed E-state index contributed by atoms with van der Waals surface area (Å²) in [6.45, 7) is 3.50. The molecule has 14 saturated carbocycles. The van der Waals surface area contributed by atoms with E-state index in [0.717, 1.165) is 11.4 Å². The second kappa shape index (κ2) is 83.5. The van der Waals surface area contributed by atoms with Crippen LogP contribution in [0, 0.1) is 6.92 Å². The Balaban J connectivity index is -0.000000313. The lowest BCUT2D eigenvalue weighted by Gasteiger charge is -2.04. The van der Waals surface area contributed by atoms with Crippen LogP contribution in [-0.4, -0.2) is 186 Å². The van der Waals surface area contributed by atoms with Gasteiger partial charge in [0.1, 0.15) is 25.8 Å². The zero-order valence-corrected chi connectivity index (χ0v) is 72.7. The molecule has 582 valence electrons. The maximum atomic E-state index is 11.0. The summed E-state index contributed by atoms with van der Waals surface area (Å²) in [5.74, 6) is 3.87. The maximum absolute atomic E-state index is 11.0. The Hall–Kier alpha value is -0.820. The number of alkyl halides is 2. The number of rotatable bonds is 14. The number of aryl methyl sites for hydroxylation is 2. The predicted molar refractivity (Wildman–Crippen MR) is 446 cm³/mol. The molecule has 1 aromatic heterocycles. The van der Waals surface area contributed by atoms with Crippen LogP contribution in [0.4, 0.5) is 0 Å². The fraction of sp³-hybridized carbons (Fsp3) is 0.892. The number of aromatic nitrogens is 3. The van der Waals surface area contributed by atoms with Crippen LogP contribution >= 0.6 is 98.1 Å². The van der Waals surface area contributed by atoms with Crippen LogP contribution in [-0.2, 0) is 45.7 Å². The third-order valence-electron chi connectivity index (χ3n) is 10.5. The summed E-state index contributed by atoms with van der Waals surface area (Å²) < 4.78 is 22.4. The molecule has 3 atom stereocenters. The van der Waals surface area contributed by atoms with Gasteiger partial charge in [0.2, 0.25) is 29.5 Å². The van der Waals surface area contributed by atoms with E-state index in [4.69, 9.17) is 11.6 Å². The van der Waals surface area contributed by atoms with Gasteiger partial charge in [0, 0.05) is 71.4 Å². The lowest BCUT2D eigenvalue weighted by Crippen LogP contribution is -2.29. The van der Waals surface area contributed by atoms with E-state index >= 15 is 0 Å². The van der Waals surface area contributed by atoms with Crippen molar-refractivity contribution in [2.75, 3.05) is 106 Å². The van der Waals surface area contributed by atoms with E-state index in [1.807, 2.05) is 57.7 Å². The quantitative estimate of drug-likeness (QED) is 0.117. The van der Waals surface area contributed by atoms with Gasteiger partial charge in [-0.2, -0.15) is 70.6 Å². The molecule has 15 nitrogen and oxygen atoms in total. The molecule has 16 rings (SSSR count). The number of carbonyl (C=O) groups is 6. The highest BCUT2D eigenvalue weighted by atomic mass is 79.9. The van der Waals surface area contributed by atoms with Gasteiger partial charge in [-0.05, 0) is 51.4 Å². The van der Waals surface area contributed by atoms with Gasteiger partial charge < -0.3 is 16.0 Å². The molecule has 0 bridgehead atoms. The van der Waals surface area contributed by atoms with Crippen LogP contribution < -0.4 is 16.0 Å². The molecule has 5 amide bonds. The Morgan fingerprint density at radius 1 is 0.520 bits per heavy atom. The first-order valence-electron chi connectivity index (χ1n) is 37.2. The van der Waals surface area contributed by atoms with Crippen LogP contribution in [0.2, 0.25) is 0 Å². The number of thioether (sulfide) groups is 6. The molecule has 24 heteroatoms. The Kier molecular flexibility index (Phi) is 90.1. The van der Waals surface area contributed by atoms with Gasteiger partial charge in [-0.3, -0.25) is 38.3 Å². The number of carbonyl (C=O) groups excluding carboxylic acids is 6. The average molecular weight is 1600 g/mol. The minimum Gasteiger partial charge on any atom is -0.358 e. The van der Waals surface area contributed by atoms with Gasteiger partial charge >= 0.3 is 0 Å². The first-order chi connectivity index (χ1) is 47.0. The topological polar surface area (TPSA) is 207 Å². The monoisotopic (exact) mass is 1600 g/mol. The van der Waals surface area contributed by atoms with E-state index in [1.54, 1.807) is 79.8 Å². The van der Waals surface area contributed by atoms with Crippen molar-refractivity contribution in [3.05, 3.63) is 11.9 Å². The van der Waals surface area contributed by atoms with Gasteiger partial charge in [-0.25, -0.2) is 8.42 Å². The highest BCUT2D eigenvalue weighted by molar-refractivity contribution is 9.10. The molecule has 1 aromatic rings. The molecule has 3 N–H and O–H groups in total. The van der Waals surface area contributed by atoms with Crippen LogP contribution in [0.3, 0.4) is 0 Å². The minimum atomic E-state index is -2.71. The Morgan fingerprint density at radius 3 is 0.939 bits per heavy atom. The van der Waals surface area contributed by atoms with E-state index < -0.39 is 9.84 Å². The number of nitrogens with zero attached hydrogens (tertiary/aromatic N) is 4. The van der Waals surface area contributed by atoms with Gasteiger partial charge in [0.05, 0.1) is 28.2 Å². The fourth-order valence-corrected chi connectivity index (χ4v) is 8.52. The van der Waals surface area contributed by atoms with E-state index in [9.17, 15) is 37.2 Å². The number of Topliss-reactive ketones (excluding diaryl/α,β-unsaturated/α-hetero) is 1. The molecule has 0 spiro atoms. The second-order valence-electron chi connectivity index (χ2n) is 25.5. The number of amides is 5. The predicted octanol–water partition coefficient (Wildman–Crippen LogP) is 19.6. The van der Waals surface area contributed by atoms with Crippen LogP contribution in [0.5, 0.6) is 0 Å². The number of halogens is 2. The molecule has 15 fully saturated rings. The Labute approximate surface area is 641 Å². The van der Waals surface area contributed by atoms with Gasteiger partial charge in [0.25, 0.3) is 0 Å². The summed E-state index contributed by atoms with van der Waals surface area (Å²) in [6, 6.07) is 0. The highest BCUT2D eigenvalue weighted by Crippen LogP contribution is 2.22. The third-order valence-corrected chi connectivity index (χ3v) is 17.6. The van der Waals surface area contributed by atoms with E-state index in [1.165, 1.54) is 311 Å². The molecule has 1 saturated heterocycles. The minimum absolute atomic E-state index is 0.0440. The van der Waals surface area contributed by atoms with Crippen molar-refractivity contribution in [2.24, 2.45) is 7.05 Å². The second-order valence-corrected chi connectivity index (χ2v) is 35.0. The Morgan fingerprint density at radius 2 is 0.827 bits per heavy atom. The molecule has 15 aliphatic rings. The maximum Gasteiger partial charge on any atom is 0.242 e. The zero-order valence-electron chi connectivity index (χ0n) is 64.6. The number of hydrogen-bond donors (Lipinski definition) is 3. The van der Waals surface area contributed by atoms with Crippen molar-refractivity contribution < 1.29 is 37.2 Å². The Bertz CT molecular complexity index is 1790. The third kappa shape index (κ3) is 167. The van der Waals surface area contributed by atoms with Crippen LogP contribution in [0.1, 0.15) is 289 Å². The molecular formula is C74H147BrClN7O8S7. The lowest BCUT2D eigenvalue weighted by atomic mass is 10.4. The van der Waals surface area contributed by atoms with Gasteiger partial charge in [-0.15, -0.1) is 16.7 Å². The molecule has 2 heterocycles. The SMILES string of the molecule is C1CC1.C1CC1.C1CC1.C1CC1.C1CC1.C1CC1.C1CC1.C1CC1.C1CC1.C1CC1.C1CC1.C1CC1.C1CC1.C1CC1.CNC(=O)C(Br)CSC.CNC(=O)C(Cl)CSC.CNC(=O)CSC.CSC1CC(=O)N(C)C1=O.CSCC(C)=O.CSCCS(C)(=O)=O.Cc1cn(C)nn1. The standard InChI is InChI=1S/C6H9NO2S.C5H10BrNOS.C5H10ClNOS.C4H7N3.C4H9NOS.C4H10O2S2.C4H8OS.14C3H6/c1-7-5(8)3-4(10-2)6(7)9;2*1-7-5(8)4(6)3-9-2;1-4-3-7(2)6-5-4;1-5-4(6)3-7-2;1-7-3-4-8(2,5)6;1-4(5)3-6-2;14*1-2-3-1/h4H,3H2,1-2H3;2*4H,3H2,1-2H3,(H,7,8);3H,1-2H3;3H2,1-2H3,(H,5,6);3-4H2,1-2H3;3H2,1-2H3;14*1-3H2. The zero-order chi connectivity index (χ0) is 74.6. The lowest BCUT2D eigenvalue weighted by molar-refractivity contribution is -0.136. The van der Waals surface area contributed by atoms with Crippen molar-refractivity contribution in [2.45, 2.75) is 305 Å². The smallest absolute Gasteiger partial charge is 0.242 e.